The standard InChI is InChI=1S/C20H42O6Si/c1-9-18(24-20(11-3)21-14-13-15-22-20)23-19(10-2)27(12-4,25-16(5)6)26-17(7)8/h16-19H,9-15H2,1-8H3. The van der Waals surface area contributed by atoms with Gasteiger partial charge in [0, 0.05) is 18.6 Å². The van der Waals surface area contributed by atoms with Crippen molar-refractivity contribution in [3.63, 3.8) is 0 Å². The SMILES string of the molecule is CCC(OC(CC)[Si](CC)(OC(C)C)OC(C)C)OC1(CC)OCCCO1. The van der Waals surface area contributed by atoms with Gasteiger partial charge in [0.1, 0.15) is 5.73 Å². The highest BCUT2D eigenvalue weighted by atomic mass is 28.4. The lowest BCUT2D eigenvalue weighted by atomic mass is 10.3. The summed E-state index contributed by atoms with van der Waals surface area (Å²) in [6, 6.07) is 0.824. The molecule has 2 unspecified atom stereocenters. The minimum atomic E-state index is -2.59. The highest BCUT2D eigenvalue weighted by Gasteiger charge is 2.48. The van der Waals surface area contributed by atoms with Gasteiger partial charge in [0.05, 0.1) is 13.2 Å². The number of hydrogen-bond acceptors (Lipinski definition) is 6. The molecule has 7 heteroatoms. The monoisotopic (exact) mass is 406 g/mol. The van der Waals surface area contributed by atoms with Crippen LogP contribution < -0.4 is 0 Å². The summed E-state index contributed by atoms with van der Waals surface area (Å²) in [4.78, 5) is 0. The van der Waals surface area contributed by atoms with Gasteiger partial charge in [0.2, 0.25) is 0 Å². The summed E-state index contributed by atoms with van der Waals surface area (Å²) >= 11 is 0. The van der Waals surface area contributed by atoms with E-state index in [4.69, 9.17) is 27.8 Å². The van der Waals surface area contributed by atoms with Crippen molar-refractivity contribution in [1.29, 1.82) is 0 Å². The molecule has 1 saturated heterocycles. The fourth-order valence-electron chi connectivity index (χ4n) is 3.38. The van der Waals surface area contributed by atoms with Crippen molar-refractivity contribution in [2.75, 3.05) is 13.2 Å². The molecule has 0 saturated carbocycles. The second-order valence-corrected chi connectivity index (χ2v) is 11.0. The molecule has 162 valence electrons. The Bertz CT molecular complexity index is 388. The van der Waals surface area contributed by atoms with Crippen LogP contribution in [0.25, 0.3) is 0 Å². The second-order valence-electron chi connectivity index (χ2n) is 7.57. The highest BCUT2D eigenvalue weighted by molar-refractivity contribution is 6.68. The molecule has 0 radical (unpaired) electrons. The first-order chi connectivity index (χ1) is 12.8. The van der Waals surface area contributed by atoms with E-state index in [2.05, 4.69) is 41.5 Å². The van der Waals surface area contributed by atoms with Crippen LogP contribution in [0.5, 0.6) is 0 Å². The van der Waals surface area contributed by atoms with E-state index >= 15 is 0 Å². The van der Waals surface area contributed by atoms with Gasteiger partial charge in [0.15, 0.2) is 6.29 Å². The average molecular weight is 407 g/mol. The predicted molar refractivity (Wildman–Crippen MR) is 109 cm³/mol. The molecule has 0 amide bonds. The average Bonchev–Trinajstić information content (AvgIpc) is 2.64. The van der Waals surface area contributed by atoms with E-state index < -0.39 is 20.8 Å². The zero-order chi connectivity index (χ0) is 20.5. The summed E-state index contributed by atoms with van der Waals surface area (Å²) in [5.41, 5.74) is -0.130. The van der Waals surface area contributed by atoms with Crippen LogP contribution >= 0.6 is 0 Å². The van der Waals surface area contributed by atoms with E-state index in [1.54, 1.807) is 0 Å². The Morgan fingerprint density at radius 2 is 1.44 bits per heavy atom. The lowest BCUT2D eigenvalue weighted by molar-refractivity contribution is -0.436. The summed E-state index contributed by atoms with van der Waals surface area (Å²) in [6.07, 6.45) is 2.74. The molecule has 1 aliphatic rings. The molecule has 1 rings (SSSR count). The van der Waals surface area contributed by atoms with Gasteiger partial charge in [-0.25, -0.2) is 0 Å². The first-order valence-electron chi connectivity index (χ1n) is 10.7. The Morgan fingerprint density at radius 3 is 1.81 bits per heavy atom. The number of ether oxygens (including phenoxy) is 4. The molecular weight excluding hydrogens is 364 g/mol. The molecule has 0 bridgehead atoms. The van der Waals surface area contributed by atoms with E-state index in [9.17, 15) is 0 Å². The molecule has 1 heterocycles. The van der Waals surface area contributed by atoms with Crippen LogP contribution in [0.1, 0.15) is 81.1 Å². The maximum absolute atomic E-state index is 6.47. The van der Waals surface area contributed by atoms with Crippen molar-refractivity contribution in [2.45, 2.75) is 117 Å². The lowest BCUT2D eigenvalue weighted by Crippen LogP contribution is -2.58. The van der Waals surface area contributed by atoms with E-state index in [1.807, 2.05) is 13.8 Å². The van der Waals surface area contributed by atoms with Gasteiger partial charge in [-0.2, -0.15) is 0 Å². The molecular formula is C20H42O6Si. The van der Waals surface area contributed by atoms with Gasteiger partial charge in [-0.05, 0) is 53.0 Å². The summed E-state index contributed by atoms with van der Waals surface area (Å²) < 4.78 is 37.1. The van der Waals surface area contributed by atoms with Gasteiger partial charge in [0.25, 0.3) is 5.97 Å². The molecule has 0 aromatic carbocycles. The Hall–Kier alpha value is -0.0231. The van der Waals surface area contributed by atoms with Crippen LogP contribution in [0.2, 0.25) is 6.04 Å². The van der Waals surface area contributed by atoms with Crippen LogP contribution in [-0.4, -0.2) is 52.0 Å². The molecule has 27 heavy (non-hydrogen) atoms. The zero-order valence-electron chi connectivity index (χ0n) is 18.7. The summed E-state index contributed by atoms with van der Waals surface area (Å²) in [5, 5.41) is 0. The van der Waals surface area contributed by atoms with Gasteiger partial charge in [-0.1, -0.05) is 27.7 Å². The van der Waals surface area contributed by atoms with Gasteiger partial charge >= 0.3 is 8.56 Å². The van der Waals surface area contributed by atoms with Crippen molar-refractivity contribution in [3.8, 4) is 0 Å². The molecule has 2 atom stereocenters. The molecule has 1 aliphatic heterocycles. The first-order valence-corrected chi connectivity index (χ1v) is 12.8. The summed E-state index contributed by atoms with van der Waals surface area (Å²) in [7, 11) is -2.59. The summed E-state index contributed by atoms with van der Waals surface area (Å²) in [6.45, 7) is 17.8. The van der Waals surface area contributed by atoms with Crippen LogP contribution in [0.3, 0.4) is 0 Å². The van der Waals surface area contributed by atoms with Crippen molar-refractivity contribution in [1.82, 2.24) is 0 Å². The molecule has 1 fully saturated rings. The van der Waals surface area contributed by atoms with E-state index in [0.717, 1.165) is 18.9 Å². The lowest BCUT2D eigenvalue weighted by Gasteiger charge is -2.42. The van der Waals surface area contributed by atoms with Crippen LogP contribution in [0, 0.1) is 0 Å². The molecule has 0 aromatic heterocycles. The van der Waals surface area contributed by atoms with Crippen molar-refractivity contribution >= 4 is 8.56 Å². The Labute approximate surface area is 167 Å². The topological polar surface area (TPSA) is 55.4 Å². The molecule has 6 nitrogen and oxygen atoms in total. The fourth-order valence-corrected chi connectivity index (χ4v) is 7.11. The number of hydrogen-bond donors (Lipinski definition) is 0. The normalized spacial score (nSPS) is 20.2. The molecule has 0 N–H and O–H groups in total. The maximum atomic E-state index is 6.47. The van der Waals surface area contributed by atoms with Crippen LogP contribution in [0.4, 0.5) is 0 Å². The number of rotatable bonds is 13. The smallest absolute Gasteiger partial charge is 0.368 e. The first kappa shape index (κ1) is 25.0. The predicted octanol–water partition coefficient (Wildman–Crippen LogP) is 4.89. The Kier molecular flexibility index (Phi) is 11.0. The Morgan fingerprint density at radius 1 is 0.889 bits per heavy atom. The maximum Gasteiger partial charge on any atom is 0.368 e. The fraction of sp³-hybridized carbons (Fsp3) is 1.00. The van der Waals surface area contributed by atoms with Crippen molar-refractivity contribution < 1.29 is 27.8 Å². The minimum absolute atomic E-state index is 0.0843. The van der Waals surface area contributed by atoms with E-state index in [1.165, 1.54) is 0 Å². The third-order valence-electron chi connectivity index (χ3n) is 4.55. The highest BCUT2D eigenvalue weighted by Crippen LogP contribution is 2.31. The van der Waals surface area contributed by atoms with Crippen molar-refractivity contribution in [2.24, 2.45) is 0 Å². The summed E-state index contributed by atoms with van der Waals surface area (Å²) in [5.74, 6) is -1.01. The van der Waals surface area contributed by atoms with E-state index in [-0.39, 0.29) is 17.9 Å². The van der Waals surface area contributed by atoms with Crippen LogP contribution in [0.15, 0.2) is 0 Å². The molecule has 0 spiro atoms. The quantitative estimate of drug-likeness (QED) is 0.321. The molecule has 0 aromatic rings. The van der Waals surface area contributed by atoms with E-state index in [0.29, 0.717) is 26.1 Å². The third-order valence-corrected chi connectivity index (χ3v) is 8.80. The second kappa shape index (κ2) is 11.9. The Balaban J connectivity index is 2.97. The van der Waals surface area contributed by atoms with Gasteiger partial charge < -0.3 is 23.1 Å². The van der Waals surface area contributed by atoms with Gasteiger partial charge in [-0.3, -0.25) is 4.74 Å². The zero-order valence-corrected chi connectivity index (χ0v) is 19.7. The van der Waals surface area contributed by atoms with Crippen LogP contribution in [-0.2, 0) is 27.8 Å². The van der Waals surface area contributed by atoms with Crippen molar-refractivity contribution in [3.05, 3.63) is 0 Å². The minimum Gasteiger partial charge on any atom is -0.390 e. The third kappa shape index (κ3) is 7.38. The van der Waals surface area contributed by atoms with Gasteiger partial charge in [-0.15, -0.1) is 0 Å². The molecule has 0 aliphatic carbocycles. The largest absolute Gasteiger partial charge is 0.390 e.